The van der Waals surface area contributed by atoms with Crippen LogP contribution in [-0.2, 0) is 9.59 Å². The first kappa shape index (κ1) is 22.7. The predicted molar refractivity (Wildman–Crippen MR) is 119 cm³/mol. The van der Waals surface area contributed by atoms with E-state index in [0.29, 0.717) is 13.1 Å². The fraction of sp³-hybridized carbons (Fsp3) is 0.478. The van der Waals surface area contributed by atoms with E-state index in [1.807, 2.05) is 38.1 Å². The smallest absolute Gasteiger partial charge is 0.309 e. The predicted octanol–water partition coefficient (Wildman–Crippen LogP) is 2.04. The highest BCUT2D eigenvalue weighted by molar-refractivity contribution is 6.35. The van der Waals surface area contributed by atoms with Crippen LogP contribution in [0.4, 0.5) is 5.69 Å². The summed E-state index contributed by atoms with van der Waals surface area (Å²) in [5.74, 6) is 0.689. The molecule has 2 N–H and O–H groups in total. The molecule has 1 atom stereocenters. The van der Waals surface area contributed by atoms with Gasteiger partial charge in [-0.1, -0.05) is 13.8 Å². The molecule has 2 amide bonds. The second-order valence-corrected chi connectivity index (χ2v) is 8.07. The van der Waals surface area contributed by atoms with Gasteiger partial charge < -0.3 is 24.7 Å². The molecule has 2 aromatic rings. The second-order valence-electron chi connectivity index (χ2n) is 8.07. The standard InChI is InChI=1S/C23H32N4O4/c1-17(2)15-24-22(28)23(29)25-16-20(21-5-4-14-31-21)27-12-10-26(11-13-27)18-6-8-19(30-3)9-7-18/h4-9,14,17,20H,10-13,15-16H2,1-3H3,(H,24,28)(H,25,29). The Balaban J connectivity index is 1.57. The molecule has 2 heterocycles. The van der Waals surface area contributed by atoms with Crippen molar-refractivity contribution < 1.29 is 18.7 Å². The summed E-state index contributed by atoms with van der Waals surface area (Å²) < 4.78 is 10.9. The zero-order chi connectivity index (χ0) is 22.2. The minimum atomic E-state index is -0.617. The Labute approximate surface area is 183 Å². The first-order chi connectivity index (χ1) is 15.0. The molecule has 31 heavy (non-hydrogen) atoms. The molecular formula is C23H32N4O4. The van der Waals surface area contributed by atoms with Crippen molar-refractivity contribution in [1.82, 2.24) is 15.5 Å². The van der Waals surface area contributed by atoms with Gasteiger partial charge in [-0.15, -0.1) is 0 Å². The van der Waals surface area contributed by atoms with Crippen LogP contribution in [0.5, 0.6) is 5.75 Å². The molecule has 1 fully saturated rings. The molecule has 1 aromatic heterocycles. The molecule has 8 nitrogen and oxygen atoms in total. The Hall–Kier alpha value is -3.00. The van der Waals surface area contributed by atoms with Gasteiger partial charge in [0.25, 0.3) is 0 Å². The largest absolute Gasteiger partial charge is 0.497 e. The van der Waals surface area contributed by atoms with E-state index in [1.54, 1.807) is 13.4 Å². The van der Waals surface area contributed by atoms with Gasteiger partial charge in [0, 0.05) is 45.0 Å². The highest BCUT2D eigenvalue weighted by atomic mass is 16.5. The van der Waals surface area contributed by atoms with Gasteiger partial charge in [-0.3, -0.25) is 14.5 Å². The van der Waals surface area contributed by atoms with Gasteiger partial charge in [-0.05, 0) is 42.3 Å². The quantitative estimate of drug-likeness (QED) is 0.626. The van der Waals surface area contributed by atoms with E-state index in [0.717, 1.165) is 43.4 Å². The Morgan fingerprint density at radius 3 is 2.19 bits per heavy atom. The number of amides is 2. The number of hydrogen-bond acceptors (Lipinski definition) is 6. The van der Waals surface area contributed by atoms with Crippen LogP contribution in [0.2, 0.25) is 0 Å². The normalized spacial score (nSPS) is 15.5. The number of benzene rings is 1. The molecule has 3 rings (SSSR count). The molecule has 168 valence electrons. The van der Waals surface area contributed by atoms with Gasteiger partial charge in [-0.2, -0.15) is 0 Å². The topological polar surface area (TPSA) is 87.0 Å². The van der Waals surface area contributed by atoms with Gasteiger partial charge in [0.05, 0.1) is 19.4 Å². The zero-order valence-corrected chi connectivity index (χ0v) is 18.5. The van der Waals surface area contributed by atoms with Crippen molar-refractivity contribution in [2.45, 2.75) is 19.9 Å². The molecule has 0 bridgehead atoms. The van der Waals surface area contributed by atoms with E-state index in [2.05, 4.69) is 32.6 Å². The lowest BCUT2D eigenvalue weighted by atomic mass is 10.1. The van der Waals surface area contributed by atoms with E-state index in [1.165, 1.54) is 0 Å². The maximum absolute atomic E-state index is 12.2. The summed E-state index contributed by atoms with van der Waals surface area (Å²) in [6.45, 7) is 8.08. The Kier molecular flexibility index (Phi) is 7.94. The van der Waals surface area contributed by atoms with Gasteiger partial charge in [-0.25, -0.2) is 0 Å². The van der Waals surface area contributed by atoms with Gasteiger partial charge in [0.1, 0.15) is 11.5 Å². The van der Waals surface area contributed by atoms with Crippen LogP contribution < -0.4 is 20.3 Å². The molecule has 1 aromatic carbocycles. The number of carbonyl (C=O) groups excluding carboxylic acids is 2. The number of nitrogens with zero attached hydrogens (tertiary/aromatic N) is 2. The van der Waals surface area contributed by atoms with E-state index in [4.69, 9.17) is 9.15 Å². The molecule has 8 heteroatoms. The first-order valence-electron chi connectivity index (χ1n) is 10.7. The third kappa shape index (κ3) is 6.24. The Morgan fingerprint density at radius 1 is 1.00 bits per heavy atom. The number of piperazine rings is 1. The van der Waals surface area contributed by atoms with Gasteiger partial charge >= 0.3 is 11.8 Å². The highest BCUT2D eigenvalue weighted by Gasteiger charge is 2.28. The molecule has 1 aliphatic heterocycles. The van der Waals surface area contributed by atoms with E-state index in [9.17, 15) is 9.59 Å². The first-order valence-corrected chi connectivity index (χ1v) is 10.7. The third-order valence-electron chi connectivity index (χ3n) is 5.40. The van der Waals surface area contributed by atoms with Crippen LogP contribution in [0.3, 0.4) is 0 Å². The summed E-state index contributed by atoms with van der Waals surface area (Å²) in [5, 5.41) is 5.42. The van der Waals surface area contributed by atoms with Crippen molar-refractivity contribution >= 4 is 17.5 Å². The number of hydrogen-bond donors (Lipinski definition) is 2. The molecule has 1 unspecified atom stereocenters. The molecular weight excluding hydrogens is 396 g/mol. The third-order valence-corrected chi connectivity index (χ3v) is 5.40. The van der Waals surface area contributed by atoms with Crippen molar-refractivity contribution in [3.63, 3.8) is 0 Å². The average molecular weight is 429 g/mol. The lowest BCUT2D eigenvalue weighted by Crippen LogP contribution is -2.51. The molecule has 0 aliphatic carbocycles. The Morgan fingerprint density at radius 2 is 1.65 bits per heavy atom. The second kappa shape index (κ2) is 10.9. The summed E-state index contributed by atoms with van der Waals surface area (Å²) in [6, 6.07) is 11.7. The summed E-state index contributed by atoms with van der Waals surface area (Å²) in [7, 11) is 1.66. The minimum Gasteiger partial charge on any atom is -0.497 e. The molecule has 0 saturated carbocycles. The zero-order valence-electron chi connectivity index (χ0n) is 18.5. The van der Waals surface area contributed by atoms with E-state index in [-0.39, 0.29) is 12.0 Å². The van der Waals surface area contributed by atoms with Crippen molar-refractivity contribution in [1.29, 1.82) is 0 Å². The van der Waals surface area contributed by atoms with Crippen molar-refractivity contribution in [2.75, 3.05) is 51.3 Å². The number of furan rings is 1. The maximum Gasteiger partial charge on any atom is 0.309 e. The van der Waals surface area contributed by atoms with Crippen LogP contribution in [0.15, 0.2) is 47.1 Å². The average Bonchev–Trinajstić information content (AvgIpc) is 3.32. The number of anilines is 1. The van der Waals surface area contributed by atoms with Crippen molar-refractivity contribution in [3.8, 4) is 5.75 Å². The summed E-state index contributed by atoms with van der Waals surface area (Å²) >= 11 is 0. The minimum absolute atomic E-state index is 0.130. The molecule has 0 radical (unpaired) electrons. The monoisotopic (exact) mass is 428 g/mol. The number of ether oxygens (including phenoxy) is 1. The van der Waals surface area contributed by atoms with Crippen LogP contribution in [0.1, 0.15) is 25.6 Å². The van der Waals surface area contributed by atoms with Crippen molar-refractivity contribution in [3.05, 3.63) is 48.4 Å². The lowest BCUT2D eigenvalue weighted by molar-refractivity contribution is -0.139. The molecule has 1 aliphatic rings. The van der Waals surface area contributed by atoms with E-state index < -0.39 is 11.8 Å². The fourth-order valence-electron chi connectivity index (χ4n) is 3.62. The SMILES string of the molecule is COc1ccc(N2CCN(C(CNC(=O)C(=O)NCC(C)C)c3ccco3)CC2)cc1. The summed E-state index contributed by atoms with van der Waals surface area (Å²) in [5.41, 5.74) is 1.16. The number of rotatable bonds is 8. The fourth-order valence-corrected chi connectivity index (χ4v) is 3.62. The van der Waals surface area contributed by atoms with Crippen LogP contribution in [0.25, 0.3) is 0 Å². The van der Waals surface area contributed by atoms with Crippen LogP contribution >= 0.6 is 0 Å². The highest BCUT2D eigenvalue weighted by Crippen LogP contribution is 2.25. The summed E-state index contributed by atoms with van der Waals surface area (Å²) in [4.78, 5) is 28.8. The van der Waals surface area contributed by atoms with E-state index >= 15 is 0 Å². The number of nitrogens with one attached hydrogen (secondary N) is 2. The van der Waals surface area contributed by atoms with Crippen molar-refractivity contribution in [2.24, 2.45) is 5.92 Å². The van der Waals surface area contributed by atoms with Crippen LogP contribution in [-0.4, -0.2) is 63.1 Å². The summed E-state index contributed by atoms with van der Waals surface area (Å²) in [6.07, 6.45) is 1.63. The number of carbonyl (C=O) groups is 2. The number of methoxy groups -OCH3 is 1. The Bertz CT molecular complexity index is 828. The molecule has 1 saturated heterocycles. The van der Waals surface area contributed by atoms with Gasteiger partial charge in [0.2, 0.25) is 0 Å². The molecule has 0 spiro atoms. The van der Waals surface area contributed by atoms with Gasteiger partial charge in [0.15, 0.2) is 0 Å². The lowest BCUT2D eigenvalue weighted by Gasteiger charge is -2.39. The maximum atomic E-state index is 12.2. The van der Waals surface area contributed by atoms with Crippen LogP contribution in [0, 0.1) is 5.92 Å².